The van der Waals surface area contributed by atoms with Gasteiger partial charge in [0.1, 0.15) is 17.3 Å². The van der Waals surface area contributed by atoms with Crippen LogP contribution in [0.5, 0.6) is 0 Å². The van der Waals surface area contributed by atoms with E-state index in [9.17, 15) is 4.79 Å². The highest BCUT2D eigenvalue weighted by molar-refractivity contribution is 6.33. The number of halogens is 1. The number of carbonyl (C=O) groups excluding carboxylic acids is 1. The Morgan fingerprint density at radius 3 is 2.54 bits per heavy atom. The van der Waals surface area contributed by atoms with E-state index in [4.69, 9.17) is 16.9 Å². The first-order chi connectivity index (χ1) is 12.5. The minimum Gasteiger partial charge on any atom is -0.340 e. The fraction of sp³-hybridized carbons (Fsp3) is 0.0526. The highest BCUT2D eigenvalue weighted by atomic mass is 35.5. The Labute approximate surface area is 155 Å². The van der Waals surface area contributed by atoms with Crippen LogP contribution < -0.4 is 10.6 Å². The summed E-state index contributed by atoms with van der Waals surface area (Å²) in [4.78, 5) is 20.9. The van der Waals surface area contributed by atoms with Crippen molar-refractivity contribution in [2.24, 2.45) is 0 Å². The molecule has 26 heavy (non-hydrogen) atoms. The molecule has 0 spiro atoms. The lowest BCUT2D eigenvalue weighted by atomic mass is 10.2. The molecule has 0 saturated carbocycles. The topological polar surface area (TPSA) is 90.7 Å². The predicted molar refractivity (Wildman–Crippen MR) is 101 cm³/mol. The lowest BCUT2D eigenvalue weighted by molar-refractivity contribution is 0.102. The number of nitriles is 1. The summed E-state index contributed by atoms with van der Waals surface area (Å²) in [6, 6.07) is 17.5. The molecule has 7 heteroatoms. The summed E-state index contributed by atoms with van der Waals surface area (Å²) in [6.07, 6.45) is 0. The molecule has 2 aromatic carbocycles. The molecule has 6 nitrogen and oxygen atoms in total. The molecule has 1 heterocycles. The maximum atomic E-state index is 12.5. The van der Waals surface area contributed by atoms with Crippen LogP contribution in [-0.2, 0) is 0 Å². The number of nitrogens with one attached hydrogen (secondary N) is 2. The highest BCUT2D eigenvalue weighted by Crippen LogP contribution is 2.22. The minimum atomic E-state index is -0.383. The second-order valence-corrected chi connectivity index (χ2v) is 5.84. The molecule has 128 valence electrons. The first-order valence-electron chi connectivity index (χ1n) is 7.74. The second-order valence-electron chi connectivity index (χ2n) is 5.43. The van der Waals surface area contributed by atoms with Crippen LogP contribution in [0.2, 0.25) is 5.02 Å². The SMILES string of the molecule is Cc1nc(Nc2ccc(C#N)cc2)cc(C(=O)Nc2ccccc2Cl)n1. The molecule has 0 bridgehead atoms. The first-order valence-corrected chi connectivity index (χ1v) is 8.12. The number of rotatable bonds is 4. The summed E-state index contributed by atoms with van der Waals surface area (Å²) in [5.41, 5.74) is 2.04. The van der Waals surface area contributed by atoms with Crippen LogP contribution in [0.15, 0.2) is 54.6 Å². The molecule has 2 N–H and O–H groups in total. The summed E-state index contributed by atoms with van der Waals surface area (Å²) in [7, 11) is 0. The number of benzene rings is 2. The minimum absolute atomic E-state index is 0.216. The number of amides is 1. The van der Waals surface area contributed by atoms with Gasteiger partial charge in [0.05, 0.1) is 22.3 Å². The average molecular weight is 364 g/mol. The number of aromatic nitrogens is 2. The van der Waals surface area contributed by atoms with Crippen molar-refractivity contribution in [3.63, 3.8) is 0 Å². The summed E-state index contributed by atoms with van der Waals surface area (Å²) < 4.78 is 0. The van der Waals surface area contributed by atoms with Crippen LogP contribution in [0.25, 0.3) is 0 Å². The van der Waals surface area contributed by atoms with Crippen LogP contribution in [0.4, 0.5) is 17.2 Å². The number of para-hydroxylation sites is 1. The first kappa shape index (κ1) is 17.4. The molecular weight excluding hydrogens is 350 g/mol. The number of nitrogens with zero attached hydrogens (tertiary/aromatic N) is 3. The van der Waals surface area contributed by atoms with Crippen molar-refractivity contribution in [3.8, 4) is 6.07 Å². The molecule has 0 aliphatic heterocycles. The van der Waals surface area contributed by atoms with Gasteiger partial charge in [0.15, 0.2) is 0 Å². The van der Waals surface area contributed by atoms with Gasteiger partial charge in [-0.05, 0) is 43.3 Å². The number of anilines is 3. The fourth-order valence-corrected chi connectivity index (χ4v) is 2.46. The van der Waals surface area contributed by atoms with Gasteiger partial charge < -0.3 is 10.6 Å². The number of hydrogen-bond donors (Lipinski definition) is 2. The maximum Gasteiger partial charge on any atom is 0.274 e. The van der Waals surface area contributed by atoms with Crippen molar-refractivity contribution in [1.29, 1.82) is 5.26 Å². The van der Waals surface area contributed by atoms with Crippen molar-refractivity contribution in [2.45, 2.75) is 6.92 Å². The zero-order valence-electron chi connectivity index (χ0n) is 13.8. The van der Waals surface area contributed by atoms with Crippen LogP contribution in [-0.4, -0.2) is 15.9 Å². The highest BCUT2D eigenvalue weighted by Gasteiger charge is 2.12. The summed E-state index contributed by atoms with van der Waals surface area (Å²) in [6.45, 7) is 1.70. The van der Waals surface area contributed by atoms with Gasteiger partial charge in [-0.2, -0.15) is 5.26 Å². The van der Waals surface area contributed by atoms with Crippen molar-refractivity contribution in [3.05, 3.63) is 76.7 Å². The van der Waals surface area contributed by atoms with Crippen LogP contribution >= 0.6 is 11.6 Å². The van der Waals surface area contributed by atoms with Gasteiger partial charge in [0.25, 0.3) is 5.91 Å². The maximum absolute atomic E-state index is 12.5. The Kier molecular flexibility index (Phi) is 5.11. The largest absolute Gasteiger partial charge is 0.340 e. The zero-order valence-corrected chi connectivity index (χ0v) is 14.6. The molecule has 3 rings (SSSR count). The summed E-state index contributed by atoms with van der Waals surface area (Å²) in [5.74, 6) is 0.547. The van der Waals surface area contributed by atoms with E-state index in [1.165, 1.54) is 0 Å². The van der Waals surface area contributed by atoms with Crippen molar-refractivity contribution < 1.29 is 4.79 Å². The van der Waals surface area contributed by atoms with E-state index < -0.39 is 0 Å². The fourth-order valence-electron chi connectivity index (χ4n) is 2.27. The molecule has 1 amide bonds. The molecule has 0 aliphatic carbocycles. The normalized spacial score (nSPS) is 10.0. The van der Waals surface area contributed by atoms with Gasteiger partial charge in [-0.25, -0.2) is 9.97 Å². The Morgan fingerprint density at radius 1 is 1.12 bits per heavy atom. The van der Waals surface area contributed by atoms with E-state index in [0.29, 0.717) is 27.9 Å². The molecule has 1 aromatic heterocycles. The van der Waals surface area contributed by atoms with E-state index in [-0.39, 0.29) is 11.6 Å². The molecule has 0 aliphatic rings. The van der Waals surface area contributed by atoms with Gasteiger partial charge in [-0.15, -0.1) is 0 Å². The molecule has 0 atom stereocenters. The average Bonchev–Trinajstić information content (AvgIpc) is 2.64. The Hall–Kier alpha value is -3.43. The number of carbonyl (C=O) groups is 1. The lowest BCUT2D eigenvalue weighted by Gasteiger charge is -2.10. The monoisotopic (exact) mass is 363 g/mol. The zero-order chi connectivity index (χ0) is 18.5. The molecule has 0 radical (unpaired) electrons. The summed E-state index contributed by atoms with van der Waals surface area (Å²) in [5, 5.41) is 15.1. The Balaban J connectivity index is 1.81. The number of aryl methyl sites for hydroxylation is 1. The molecule has 0 saturated heterocycles. The molecule has 3 aromatic rings. The Bertz CT molecular complexity index is 996. The molecular formula is C19H14ClN5O. The lowest BCUT2D eigenvalue weighted by Crippen LogP contribution is -2.15. The van der Waals surface area contributed by atoms with Gasteiger partial charge in [0.2, 0.25) is 0 Å². The second kappa shape index (κ2) is 7.64. The van der Waals surface area contributed by atoms with Crippen molar-refractivity contribution in [1.82, 2.24) is 9.97 Å². The van der Waals surface area contributed by atoms with Gasteiger partial charge in [-0.3, -0.25) is 4.79 Å². The van der Waals surface area contributed by atoms with E-state index in [1.54, 1.807) is 61.5 Å². The smallest absolute Gasteiger partial charge is 0.274 e. The third kappa shape index (κ3) is 4.15. The van der Waals surface area contributed by atoms with Crippen LogP contribution in [0.1, 0.15) is 21.9 Å². The standard InChI is InChI=1S/C19H14ClN5O/c1-12-22-17(19(26)25-16-5-3-2-4-15(16)20)10-18(23-12)24-14-8-6-13(11-21)7-9-14/h2-10H,1H3,(H,25,26)(H,22,23,24). The molecule has 0 fully saturated rings. The third-order valence-electron chi connectivity index (χ3n) is 3.48. The van der Waals surface area contributed by atoms with E-state index >= 15 is 0 Å². The van der Waals surface area contributed by atoms with Crippen molar-refractivity contribution >= 4 is 34.7 Å². The number of hydrogen-bond acceptors (Lipinski definition) is 5. The summed E-state index contributed by atoms with van der Waals surface area (Å²) >= 11 is 6.07. The van der Waals surface area contributed by atoms with Gasteiger partial charge in [0, 0.05) is 11.8 Å². The molecule has 0 unspecified atom stereocenters. The van der Waals surface area contributed by atoms with E-state index in [0.717, 1.165) is 5.69 Å². The van der Waals surface area contributed by atoms with Crippen LogP contribution in [0, 0.1) is 18.3 Å². The van der Waals surface area contributed by atoms with Crippen molar-refractivity contribution in [2.75, 3.05) is 10.6 Å². The quantitative estimate of drug-likeness (QED) is 0.720. The third-order valence-corrected chi connectivity index (χ3v) is 3.81. The van der Waals surface area contributed by atoms with Gasteiger partial charge in [-0.1, -0.05) is 23.7 Å². The predicted octanol–water partition coefficient (Wildman–Crippen LogP) is 4.31. The van der Waals surface area contributed by atoms with E-state index in [2.05, 4.69) is 26.7 Å². The Morgan fingerprint density at radius 2 is 1.85 bits per heavy atom. The van der Waals surface area contributed by atoms with Gasteiger partial charge >= 0.3 is 0 Å². The van der Waals surface area contributed by atoms with Crippen LogP contribution in [0.3, 0.4) is 0 Å². The van der Waals surface area contributed by atoms with E-state index in [1.807, 2.05) is 0 Å².